The van der Waals surface area contributed by atoms with E-state index in [9.17, 15) is 0 Å². The van der Waals surface area contributed by atoms with Crippen LogP contribution in [-0.2, 0) is 0 Å². The summed E-state index contributed by atoms with van der Waals surface area (Å²) in [6, 6.07) is 13.1. The lowest BCUT2D eigenvalue weighted by Crippen LogP contribution is -2.47. The van der Waals surface area contributed by atoms with Gasteiger partial charge in [-0.1, -0.05) is 31.2 Å². The summed E-state index contributed by atoms with van der Waals surface area (Å²) in [7, 11) is 2.09. The molecule has 5 heteroatoms. The first-order valence-electron chi connectivity index (χ1n) is 10.8. The van der Waals surface area contributed by atoms with Crippen molar-refractivity contribution in [1.29, 1.82) is 0 Å². The van der Waals surface area contributed by atoms with E-state index in [1.807, 2.05) is 6.07 Å². The van der Waals surface area contributed by atoms with Crippen LogP contribution in [0.5, 0.6) is 11.5 Å². The third-order valence-corrected chi connectivity index (χ3v) is 6.46. The average molecular weight is 425 g/mol. The molecular formula is C25H32N2O2S. The standard InChI is InChI=1S/C25H32N2O2S/c1-16-12-19(10-11-27(5)24(30)26-25(2,3)4)20-8-6-17(13-21(16)20)18-7-9-22-23(14-18)29-15-28-22/h6-9,13-14,16,19H,10-12,15H2,1-5H3,(H,26,30)/t16-,19-/m1/s1. The van der Waals surface area contributed by atoms with Crippen LogP contribution in [0, 0.1) is 0 Å². The first-order chi connectivity index (χ1) is 14.2. The minimum atomic E-state index is -0.00899. The maximum absolute atomic E-state index is 5.57. The van der Waals surface area contributed by atoms with Crippen molar-refractivity contribution < 1.29 is 9.47 Å². The van der Waals surface area contributed by atoms with Gasteiger partial charge in [0.25, 0.3) is 0 Å². The lowest BCUT2D eigenvalue weighted by atomic mass is 9.94. The minimum Gasteiger partial charge on any atom is -0.454 e. The van der Waals surface area contributed by atoms with Crippen LogP contribution < -0.4 is 14.8 Å². The summed E-state index contributed by atoms with van der Waals surface area (Å²) in [5.41, 5.74) is 5.39. The largest absolute Gasteiger partial charge is 0.454 e. The fourth-order valence-corrected chi connectivity index (χ4v) is 4.85. The van der Waals surface area contributed by atoms with Crippen LogP contribution in [0.25, 0.3) is 11.1 Å². The molecule has 1 aliphatic carbocycles. The highest BCUT2D eigenvalue weighted by Crippen LogP contribution is 2.45. The van der Waals surface area contributed by atoms with Crippen LogP contribution in [0.3, 0.4) is 0 Å². The summed E-state index contributed by atoms with van der Waals surface area (Å²) in [5.74, 6) is 2.82. The maximum atomic E-state index is 5.57. The molecule has 4 rings (SSSR count). The zero-order valence-electron chi connectivity index (χ0n) is 18.6. The molecule has 160 valence electrons. The van der Waals surface area contributed by atoms with E-state index in [0.29, 0.717) is 18.6 Å². The van der Waals surface area contributed by atoms with Gasteiger partial charge in [-0.2, -0.15) is 0 Å². The van der Waals surface area contributed by atoms with Gasteiger partial charge in [0.05, 0.1) is 0 Å². The molecular weight excluding hydrogens is 392 g/mol. The summed E-state index contributed by atoms with van der Waals surface area (Å²) >= 11 is 5.57. The molecule has 2 atom stereocenters. The molecule has 0 saturated carbocycles. The highest BCUT2D eigenvalue weighted by molar-refractivity contribution is 7.80. The molecule has 0 fully saturated rings. The zero-order chi connectivity index (χ0) is 21.5. The van der Waals surface area contributed by atoms with Crippen LogP contribution in [0.2, 0.25) is 0 Å². The van der Waals surface area contributed by atoms with Crippen molar-refractivity contribution in [3.63, 3.8) is 0 Å². The molecule has 0 saturated heterocycles. The van der Waals surface area contributed by atoms with Gasteiger partial charge in [0.15, 0.2) is 16.6 Å². The van der Waals surface area contributed by atoms with Gasteiger partial charge in [-0.3, -0.25) is 0 Å². The van der Waals surface area contributed by atoms with Crippen LogP contribution in [0.1, 0.15) is 63.5 Å². The second kappa shape index (κ2) is 8.10. The SMILES string of the molecule is C[C@@H]1C[C@@H](CCN(C)C(=S)NC(C)(C)C)c2ccc(-c3ccc4c(c3)OCO4)cc21. The number of hydrogen-bond donors (Lipinski definition) is 1. The van der Waals surface area contributed by atoms with Crippen molar-refractivity contribution in [2.75, 3.05) is 20.4 Å². The molecule has 2 aliphatic rings. The van der Waals surface area contributed by atoms with Gasteiger partial charge in [0.1, 0.15) is 0 Å². The Balaban J connectivity index is 1.46. The Morgan fingerprint density at radius 2 is 1.77 bits per heavy atom. The highest BCUT2D eigenvalue weighted by atomic mass is 32.1. The first-order valence-corrected chi connectivity index (χ1v) is 11.2. The van der Waals surface area contributed by atoms with Gasteiger partial charge >= 0.3 is 0 Å². The zero-order valence-corrected chi connectivity index (χ0v) is 19.4. The summed E-state index contributed by atoms with van der Waals surface area (Å²) < 4.78 is 11.0. The van der Waals surface area contributed by atoms with Gasteiger partial charge in [-0.15, -0.1) is 0 Å². The summed E-state index contributed by atoms with van der Waals surface area (Å²) in [6.07, 6.45) is 2.32. The predicted molar refractivity (Wildman–Crippen MR) is 127 cm³/mol. The number of fused-ring (bicyclic) bond motifs is 2. The highest BCUT2D eigenvalue weighted by Gasteiger charge is 2.29. The monoisotopic (exact) mass is 424 g/mol. The van der Waals surface area contributed by atoms with E-state index in [1.54, 1.807) is 0 Å². The Morgan fingerprint density at radius 1 is 1.07 bits per heavy atom. The second-order valence-corrected chi connectivity index (χ2v) is 10.0. The fraction of sp³-hybridized carbons (Fsp3) is 0.480. The summed E-state index contributed by atoms with van der Waals surface area (Å²) in [6.45, 7) is 10.0. The third kappa shape index (κ3) is 4.41. The topological polar surface area (TPSA) is 33.7 Å². The van der Waals surface area contributed by atoms with Crippen molar-refractivity contribution in [2.45, 2.75) is 57.9 Å². The number of nitrogens with zero attached hydrogens (tertiary/aromatic N) is 1. The number of rotatable bonds is 4. The van der Waals surface area contributed by atoms with Crippen molar-refractivity contribution in [3.05, 3.63) is 47.5 Å². The van der Waals surface area contributed by atoms with E-state index in [-0.39, 0.29) is 5.54 Å². The molecule has 0 aromatic heterocycles. The molecule has 0 amide bonds. The van der Waals surface area contributed by atoms with E-state index in [0.717, 1.165) is 29.6 Å². The van der Waals surface area contributed by atoms with E-state index in [4.69, 9.17) is 21.7 Å². The van der Waals surface area contributed by atoms with E-state index in [1.165, 1.54) is 28.7 Å². The van der Waals surface area contributed by atoms with Crippen molar-refractivity contribution in [3.8, 4) is 22.6 Å². The summed E-state index contributed by atoms with van der Waals surface area (Å²) in [4.78, 5) is 2.17. The molecule has 0 bridgehead atoms. The number of nitrogens with one attached hydrogen (secondary N) is 1. The number of thiocarbonyl (C=S) groups is 1. The lowest BCUT2D eigenvalue weighted by molar-refractivity contribution is 0.174. The van der Waals surface area contributed by atoms with Crippen molar-refractivity contribution in [2.24, 2.45) is 0 Å². The Labute approximate surface area is 185 Å². The van der Waals surface area contributed by atoms with E-state index < -0.39 is 0 Å². The first kappa shape index (κ1) is 21.0. The van der Waals surface area contributed by atoms with Crippen LogP contribution in [0.15, 0.2) is 36.4 Å². The van der Waals surface area contributed by atoms with Gasteiger partial charge in [-0.05, 0) is 92.1 Å². The Hall–Kier alpha value is -2.27. The molecule has 1 heterocycles. The van der Waals surface area contributed by atoms with Gasteiger partial charge in [-0.25, -0.2) is 0 Å². The van der Waals surface area contributed by atoms with E-state index in [2.05, 4.69) is 75.3 Å². The lowest BCUT2D eigenvalue weighted by Gasteiger charge is -2.29. The van der Waals surface area contributed by atoms with Crippen molar-refractivity contribution >= 4 is 17.3 Å². The Morgan fingerprint density at radius 3 is 2.53 bits per heavy atom. The molecule has 2 aromatic rings. The van der Waals surface area contributed by atoms with Crippen LogP contribution in [0.4, 0.5) is 0 Å². The molecule has 0 radical (unpaired) electrons. The van der Waals surface area contributed by atoms with Crippen LogP contribution >= 0.6 is 12.2 Å². The van der Waals surface area contributed by atoms with Gasteiger partial charge in [0.2, 0.25) is 6.79 Å². The Kier molecular flexibility index (Phi) is 5.67. The average Bonchev–Trinajstić information content (AvgIpc) is 3.28. The van der Waals surface area contributed by atoms with Crippen LogP contribution in [-0.4, -0.2) is 35.9 Å². The molecule has 2 aromatic carbocycles. The predicted octanol–water partition coefficient (Wildman–Crippen LogP) is 5.67. The molecule has 0 spiro atoms. The third-order valence-electron chi connectivity index (χ3n) is 6.04. The second-order valence-electron chi connectivity index (χ2n) is 9.64. The number of ether oxygens (including phenoxy) is 2. The molecule has 30 heavy (non-hydrogen) atoms. The minimum absolute atomic E-state index is 0.00899. The molecule has 4 nitrogen and oxygen atoms in total. The quantitative estimate of drug-likeness (QED) is 0.640. The van der Waals surface area contributed by atoms with E-state index >= 15 is 0 Å². The van der Waals surface area contributed by atoms with Crippen molar-refractivity contribution in [1.82, 2.24) is 10.2 Å². The number of hydrogen-bond acceptors (Lipinski definition) is 3. The van der Waals surface area contributed by atoms with Gasteiger partial charge in [0, 0.05) is 19.1 Å². The molecule has 1 N–H and O–H groups in total. The summed E-state index contributed by atoms with van der Waals surface area (Å²) in [5, 5.41) is 4.23. The molecule has 0 unspecified atom stereocenters. The normalized spacial score (nSPS) is 19.5. The van der Waals surface area contributed by atoms with Gasteiger partial charge < -0.3 is 19.7 Å². The fourth-order valence-electron chi connectivity index (χ4n) is 4.45. The molecule has 1 aliphatic heterocycles. The smallest absolute Gasteiger partial charge is 0.231 e. The maximum Gasteiger partial charge on any atom is 0.231 e. The Bertz CT molecular complexity index is 951. The number of benzene rings is 2.